The third-order valence-corrected chi connectivity index (χ3v) is 2.52. The molecule has 0 aromatic carbocycles. The zero-order valence-corrected chi connectivity index (χ0v) is 9.82. The molecule has 1 aromatic heterocycles. The highest BCUT2D eigenvalue weighted by Crippen LogP contribution is 2.06. The second-order valence-electron chi connectivity index (χ2n) is 3.82. The number of H-pyrrole nitrogens is 1. The van der Waals surface area contributed by atoms with E-state index in [2.05, 4.69) is 20.8 Å². The van der Waals surface area contributed by atoms with Crippen LogP contribution in [0.5, 0.6) is 0 Å². The minimum absolute atomic E-state index is 0.0610. The van der Waals surface area contributed by atoms with Gasteiger partial charge in [0.05, 0.1) is 6.54 Å². The smallest absolute Gasteiger partial charge is 0.325 e. The number of imide groups is 1. The van der Waals surface area contributed by atoms with Gasteiger partial charge in [0.1, 0.15) is 6.54 Å². The first-order valence-electron chi connectivity index (χ1n) is 5.52. The number of urea groups is 1. The Morgan fingerprint density at radius 3 is 2.89 bits per heavy atom. The molecule has 0 aliphatic carbocycles. The van der Waals surface area contributed by atoms with Gasteiger partial charge in [-0.2, -0.15) is 5.10 Å². The summed E-state index contributed by atoms with van der Waals surface area (Å²) in [6.07, 6.45) is 0.774. The minimum atomic E-state index is -0.550. The van der Waals surface area contributed by atoms with Crippen molar-refractivity contribution in [3.05, 3.63) is 11.8 Å². The van der Waals surface area contributed by atoms with Gasteiger partial charge < -0.3 is 10.6 Å². The van der Waals surface area contributed by atoms with Crippen LogP contribution < -0.4 is 10.6 Å². The molecule has 0 radical (unpaired) electrons. The van der Waals surface area contributed by atoms with Crippen LogP contribution in [-0.2, 0) is 16.0 Å². The first-order chi connectivity index (χ1) is 8.60. The molecular weight excluding hydrogens is 238 g/mol. The molecule has 1 aliphatic heterocycles. The number of nitrogens with zero attached hydrogens (tertiary/aromatic N) is 2. The van der Waals surface area contributed by atoms with E-state index in [0.717, 1.165) is 17.0 Å². The highest BCUT2D eigenvalue weighted by atomic mass is 16.2. The second-order valence-corrected chi connectivity index (χ2v) is 3.82. The number of hydrogen-bond donors (Lipinski definition) is 3. The third kappa shape index (κ3) is 2.47. The molecule has 4 amide bonds. The summed E-state index contributed by atoms with van der Waals surface area (Å²) in [6.45, 7) is 1.58. The van der Waals surface area contributed by atoms with Gasteiger partial charge in [-0.05, 0) is 6.42 Å². The zero-order chi connectivity index (χ0) is 13.1. The van der Waals surface area contributed by atoms with E-state index >= 15 is 0 Å². The number of hydrogen-bond acceptors (Lipinski definition) is 4. The van der Waals surface area contributed by atoms with Gasteiger partial charge in [0.25, 0.3) is 5.91 Å². The minimum Gasteiger partial charge on any atom is -0.329 e. The summed E-state index contributed by atoms with van der Waals surface area (Å²) in [5.74, 6) is -0.495. The molecule has 1 saturated heterocycles. The predicted octanol–water partition coefficient (Wildman–Crippen LogP) is -0.538. The Labute approximate surface area is 103 Å². The average Bonchev–Trinajstić information content (AvgIpc) is 2.91. The Morgan fingerprint density at radius 1 is 1.56 bits per heavy atom. The van der Waals surface area contributed by atoms with E-state index in [0.29, 0.717) is 5.82 Å². The van der Waals surface area contributed by atoms with Crippen molar-refractivity contribution in [1.82, 2.24) is 20.4 Å². The van der Waals surface area contributed by atoms with Crippen molar-refractivity contribution in [2.24, 2.45) is 0 Å². The van der Waals surface area contributed by atoms with Crippen LogP contribution >= 0.6 is 0 Å². The number of rotatable bonds is 4. The maximum absolute atomic E-state index is 11.6. The number of aromatic nitrogens is 2. The van der Waals surface area contributed by atoms with Crippen molar-refractivity contribution in [3.63, 3.8) is 0 Å². The fraction of sp³-hybridized carbons (Fsp3) is 0.400. The van der Waals surface area contributed by atoms with Crippen LogP contribution in [0.2, 0.25) is 0 Å². The van der Waals surface area contributed by atoms with Crippen LogP contribution in [-0.4, -0.2) is 46.0 Å². The molecule has 8 nitrogen and oxygen atoms in total. The molecule has 1 aromatic rings. The van der Waals surface area contributed by atoms with E-state index in [1.807, 2.05) is 6.92 Å². The summed E-state index contributed by atoms with van der Waals surface area (Å²) in [7, 11) is 0. The van der Waals surface area contributed by atoms with Crippen LogP contribution in [0.1, 0.15) is 12.6 Å². The molecule has 96 valence electrons. The molecule has 0 bridgehead atoms. The Morgan fingerprint density at radius 2 is 2.33 bits per heavy atom. The van der Waals surface area contributed by atoms with Gasteiger partial charge in [0.2, 0.25) is 5.91 Å². The monoisotopic (exact) mass is 251 g/mol. The largest absolute Gasteiger partial charge is 0.329 e. The highest BCUT2D eigenvalue weighted by Gasteiger charge is 2.30. The number of aromatic amines is 1. The van der Waals surface area contributed by atoms with Gasteiger partial charge in [-0.1, -0.05) is 6.92 Å². The second kappa shape index (κ2) is 4.86. The van der Waals surface area contributed by atoms with Crippen molar-refractivity contribution in [3.8, 4) is 0 Å². The lowest BCUT2D eigenvalue weighted by molar-refractivity contribution is -0.128. The zero-order valence-electron chi connectivity index (χ0n) is 9.82. The number of carbonyl (C=O) groups excluding carboxylic acids is 3. The molecule has 0 atom stereocenters. The van der Waals surface area contributed by atoms with Gasteiger partial charge in [0.15, 0.2) is 5.82 Å². The van der Waals surface area contributed by atoms with Crippen LogP contribution in [0.15, 0.2) is 6.07 Å². The van der Waals surface area contributed by atoms with Crippen LogP contribution in [0, 0.1) is 0 Å². The number of aryl methyl sites for hydroxylation is 1. The molecule has 8 heteroatoms. The standard InChI is InChI=1S/C10H13N5O3/c1-2-6-3-7(14-13-6)12-8(16)5-15-9(17)4-11-10(15)18/h3H,2,4-5H2,1H3,(H,11,18)(H2,12,13,14,16). The average molecular weight is 251 g/mol. The third-order valence-electron chi connectivity index (χ3n) is 2.52. The van der Waals surface area contributed by atoms with E-state index in [-0.39, 0.29) is 13.1 Å². The van der Waals surface area contributed by atoms with E-state index in [1.165, 1.54) is 0 Å². The molecule has 0 spiro atoms. The Kier molecular flexibility index (Phi) is 3.26. The normalized spacial score (nSPS) is 14.8. The summed E-state index contributed by atoms with van der Waals surface area (Å²) < 4.78 is 0. The molecule has 0 saturated carbocycles. The van der Waals surface area contributed by atoms with Crippen molar-refractivity contribution in [2.45, 2.75) is 13.3 Å². The fourth-order valence-electron chi connectivity index (χ4n) is 1.55. The molecule has 2 rings (SSSR count). The lowest BCUT2D eigenvalue weighted by atomic mass is 10.3. The van der Waals surface area contributed by atoms with Crippen molar-refractivity contribution < 1.29 is 14.4 Å². The number of carbonyl (C=O) groups is 3. The number of amides is 4. The molecule has 1 fully saturated rings. The summed E-state index contributed by atoms with van der Waals surface area (Å²) in [6, 6.07) is 1.15. The summed E-state index contributed by atoms with van der Waals surface area (Å²) >= 11 is 0. The van der Waals surface area contributed by atoms with Crippen molar-refractivity contribution in [1.29, 1.82) is 0 Å². The van der Waals surface area contributed by atoms with Gasteiger partial charge in [-0.3, -0.25) is 19.6 Å². The van der Waals surface area contributed by atoms with E-state index in [4.69, 9.17) is 0 Å². The lowest BCUT2D eigenvalue weighted by Crippen LogP contribution is -2.38. The first-order valence-corrected chi connectivity index (χ1v) is 5.52. The van der Waals surface area contributed by atoms with Gasteiger partial charge in [-0.15, -0.1) is 0 Å². The quantitative estimate of drug-likeness (QED) is 0.625. The fourth-order valence-corrected chi connectivity index (χ4v) is 1.55. The molecule has 18 heavy (non-hydrogen) atoms. The number of anilines is 1. The summed E-state index contributed by atoms with van der Waals surface area (Å²) in [5.41, 5.74) is 0.889. The first kappa shape index (κ1) is 12.1. The van der Waals surface area contributed by atoms with Crippen LogP contribution in [0.4, 0.5) is 10.6 Å². The Balaban J connectivity index is 1.92. The Hall–Kier alpha value is -2.38. The summed E-state index contributed by atoms with van der Waals surface area (Å²) in [5, 5.41) is 11.5. The van der Waals surface area contributed by atoms with Crippen molar-refractivity contribution >= 4 is 23.7 Å². The van der Waals surface area contributed by atoms with Gasteiger partial charge >= 0.3 is 6.03 Å². The molecule has 0 unspecified atom stereocenters. The molecule has 3 N–H and O–H groups in total. The lowest BCUT2D eigenvalue weighted by Gasteiger charge is -2.10. The van der Waals surface area contributed by atoms with E-state index in [1.54, 1.807) is 6.07 Å². The maximum Gasteiger partial charge on any atom is 0.325 e. The highest BCUT2D eigenvalue weighted by molar-refractivity contribution is 6.06. The molecule has 2 heterocycles. The van der Waals surface area contributed by atoms with Gasteiger partial charge in [-0.25, -0.2) is 4.79 Å². The molecule has 1 aliphatic rings. The van der Waals surface area contributed by atoms with Crippen LogP contribution in [0.25, 0.3) is 0 Å². The Bertz CT molecular complexity index is 479. The van der Waals surface area contributed by atoms with Crippen LogP contribution in [0.3, 0.4) is 0 Å². The summed E-state index contributed by atoms with van der Waals surface area (Å²) in [4.78, 5) is 35.0. The predicted molar refractivity (Wildman–Crippen MR) is 61.7 cm³/mol. The van der Waals surface area contributed by atoms with Crippen molar-refractivity contribution in [2.75, 3.05) is 18.4 Å². The molecular formula is C10H13N5O3. The topological polar surface area (TPSA) is 107 Å². The SMILES string of the molecule is CCc1cc(NC(=O)CN2C(=O)CNC2=O)n[nH]1. The number of nitrogens with one attached hydrogen (secondary N) is 3. The maximum atomic E-state index is 11.6. The van der Waals surface area contributed by atoms with E-state index in [9.17, 15) is 14.4 Å². The van der Waals surface area contributed by atoms with E-state index < -0.39 is 17.8 Å². The van der Waals surface area contributed by atoms with Gasteiger partial charge in [0, 0.05) is 11.8 Å².